The van der Waals surface area contributed by atoms with Crippen LogP contribution in [0.1, 0.15) is 30.1 Å². The standard InChI is InChI=1S/C18H16BrNO4/c1-11(21)20-16-7-6-14(10-15(16)19)12-2-4-13(5-3-12)17(22)8-9-18(23)24/h2-7,10H,8-9H2,1H3,(H,20,21)(H,23,24). The molecule has 0 saturated carbocycles. The molecule has 0 aliphatic rings. The molecular formula is C18H16BrNO4. The summed E-state index contributed by atoms with van der Waals surface area (Å²) in [6, 6.07) is 12.6. The van der Waals surface area contributed by atoms with Crippen molar-refractivity contribution in [3.8, 4) is 11.1 Å². The Morgan fingerprint density at radius 2 is 1.62 bits per heavy atom. The molecule has 2 aromatic carbocycles. The number of benzene rings is 2. The molecule has 0 unspecified atom stereocenters. The van der Waals surface area contributed by atoms with Gasteiger partial charge in [0.1, 0.15) is 0 Å². The van der Waals surface area contributed by atoms with Crippen molar-refractivity contribution < 1.29 is 19.5 Å². The van der Waals surface area contributed by atoms with Gasteiger partial charge in [0.15, 0.2) is 5.78 Å². The molecule has 0 aliphatic carbocycles. The third-order valence-corrected chi connectivity index (χ3v) is 4.04. The van der Waals surface area contributed by atoms with Gasteiger partial charge in [0.2, 0.25) is 5.91 Å². The molecule has 0 heterocycles. The van der Waals surface area contributed by atoms with Crippen LogP contribution in [-0.2, 0) is 9.59 Å². The molecule has 124 valence electrons. The molecule has 2 aromatic rings. The number of carbonyl (C=O) groups excluding carboxylic acids is 2. The summed E-state index contributed by atoms with van der Waals surface area (Å²) in [5.41, 5.74) is 3.03. The van der Waals surface area contributed by atoms with Gasteiger partial charge in [-0.05, 0) is 39.2 Å². The Hall–Kier alpha value is -2.47. The van der Waals surface area contributed by atoms with Crippen molar-refractivity contribution in [2.75, 3.05) is 5.32 Å². The van der Waals surface area contributed by atoms with E-state index in [0.717, 1.165) is 15.6 Å². The van der Waals surface area contributed by atoms with Crippen molar-refractivity contribution >= 4 is 39.3 Å². The van der Waals surface area contributed by atoms with Gasteiger partial charge >= 0.3 is 5.97 Å². The number of Topliss-reactive ketones (excluding diaryl/α,β-unsaturated/α-hetero) is 1. The summed E-state index contributed by atoms with van der Waals surface area (Å²) in [6.45, 7) is 1.44. The minimum absolute atomic E-state index is 0.00829. The van der Waals surface area contributed by atoms with E-state index in [9.17, 15) is 14.4 Å². The number of rotatable bonds is 6. The molecule has 0 spiro atoms. The topological polar surface area (TPSA) is 83.5 Å². The predicted molar refractivity (Wildman–Crippen MR) is 95.1 cm³/mol. The SMILES string of the molecule is CC(=O)Nc1ccc(-c2ccc(C(=O)CCC(=O)O)cc2)cc1Br. The quantitative estimate of drug-likeness (QED) is 0.727. The van der Waals surface area contributed by atoms with E-state index in [1.807, 2.05) is 24.3 Å². The molecule has 24 heavy (non-hydrogen) atoms. The van der Waals surface area contributed by atoms with E-state index < -0.39 is 5.97 Å². The lowest BCUT2D eigenvalue weighted by atomic mass is 10.0. The average molecular weight is 390 g/mol. The summed E-state index contributed by atoms with van der Waals surface area (Å²) >= 11 is 3.42. The fourth-order valence-corrected chi connectivity index (χ4v) is 2.68. The Morgan fingerprint density at radius 1 is 1.00 bits per heavy atom. The van der Waals surface area contributed by atoms with Crippen molar-refractivity contribution in [1.29, 1.82) is 0 Å². The van der Waals surface area contributed by atoms with Crippen LogP contribution in [0.15, 0.2) is 46.9 Å². The fraction of sp³-hybridized carbons (Fsp3) is 0.167. The fourth-order valence-electron chi connectivity index (χ4n) is 2.20. The number of hydrogen-bond acceptors (Lipinski definition) is 3. The first kappa shape index (κ1) is 17.9. The summed E-state index contributed by atoms with van der Waals surface area (Å²) in [4.78, 5) is 33.5. The first-order valence-electron chi connectivity index (χ1n) is 7.29. The van der Waals surface area contributed by atoms with Crippen molar-refractivity contribution in [3.63, 3.8) is 0 Å². The molecule has 6 heteroatoms. The highest BCUT2D eigenvalue weighted by molar-refractivity contribution is 9.10. The van der Waals surface area contributed by atoms with Crippen molar-refractivity contribution in [2.45, 2.75) is 19.8 Å². The van der Waals surface area contributed by atoms with Crippen LogP contribution in [0.4, 0.5) is 5.69 Å². The second-order valence-electron chi connectivity index (χ2n) is 5.27. The van der Waals surface area contributed by atoms with Gasteiger partial charge in [0, 0.05) is 23.4 Å². The third kappa shape index (κ3) is 4.76. The normalized spacial score (nSPS) is 10.2. The van der Waals surface area contributed by atoms with E-state index in [0.29, 0.717) is 11.3 Å². The minimum Gasteiger partial charge on any atom is -0.481 e. The van der Waals surface area contributed by atoms with Gasteiger partial charge in [-0.2, -0.15) is 0 Å². The number of carboxylic acids is 1. The third-order valence-electron chi connectivity index (χ3n) is 3.39. The molecule has 1 amide bonds. The summed E-state index contributed by atoms with van der Waals surface area (Å²) in [6.07, 6.45) is -0.177. The zero-order valence-corrected chi connectivity index (χ0v) is 14.6. The highest BCUT2D eigenvalue weighted by Gasteiger charge is 2.09. The van der Waals surface area contributed by atoms with Crippen LogP contribution in [-0.4, -0.2) is 22.8 Å². The maximum atomic E-state index is 11.9. The van der Waals surface area contributed by atoms with E-state index in [2.05, 4.69) is 21.2 Å². The van der Waals surface area contributed by atoms with E-state index >= 15 is 0 Å². The number of amides is 1. The van der Waals surface area contributed by atoms with Gasteiger partial charge in [0.25, 0.3) is 0 Å². The Morgan fingerprint density at radius 3 is 2.17 bits per heavy atom. The van der Waals surface area contributed by atoms with Crippen LogP contribution in [0, 0.1) is 0 Å². The number of carboxylic acid groups (broad SMARTS) is 1. The van der Waals surface area contributed by atoms with Crippen molar-refractivity contribution in [2.24, 2.45) is 0 Å². The summed E-state index contributed by atoms with van der Waals surface area (Å²) in [5.74, 6) is -1.32. The summed E-state index contributed by atoms with van der Waals surface area (Å²) in [7, 11) is 0. The molecular weight excluding hydrogens is 374 g/mol. The molecule has 2 rings (SSSR count). The second kappa shape index (κ2) is 7.88. The van der Waals surface area contributed by atoms with Crippen LogP contribution < -0.4 is 5.32 Å². The number of hydrogen-bond donors (Lipinski definition) is 2. The maximum absolute atomic E-state index is 11.9. The monoisotopic (exact) mass is 389 g/mol. The van der Waals surface area contributed by atoms with Gasteiger partial charge in [-0.1, -0.05) is 30.3 Å². The molecule has 0 bridgehead atoms. The van der Waals surface area contributed by atoms with E-state index in [4.69, 9.17) is 5.11 Å². The number of nitrogens with one attached hydrogen (secondary N) is 1. The summed E-state index contributed by atoms with van der Waals surface area (Å²) in [5, 5.41) is 11.3. The molecule has 0 fully saturated rings. The van der Waals surface area contributed by atoms with Gasteiger partial charge in [0.05, 0.1) is 12.1 Å². The minimum atomic E-state index is -0.982. The summed E-state index contributed by atoms with van der Waals surface area (Å²) < 4.78 is 0.761. The average Bonchev–Trinajstić information content (AvgIpc) is 2.54. The Balaban J connectivity index is 2.16. The number of carbonyl (C=O) groups is 3. The van der Waals surface area contributed by atoms with Crippen LogP contribution >= 0.6 is 15.9 Å². The number of ketones is 1. The lowest BCUT2D eigenvalue weighted by Crippen LogP contribution is -2.06. The lowest BCUT2D eigenvalue weighted by molar-refractivity contribution is -0.137. The molecule has 2 N–H and O–H groups in total. The van der Waals surface area contributed by atoms with Crippen LogP contribution in [0.25, 0.3) is 11.1 Å². The first-order chi connectivity index (χ1) is 11.4. The van der Waals surface area contributed by atoms with Crippen LogP contribution in [0.5, 0.6) is 0 Å². The smallest absolute Gasteiger partial charge is 0.303 e. The zero-order valence-electron chi connectivity index (χ0n) is 13.0. The maximum Gasteiger partial charge on any atom is 0.303 e. The zero-order chi connectivity index (χ0) is 17.7. The Labute approximate surface area is 147 Å². The van der Waals surface area contributed by atoms with Gasteiger partial charge < -0.3 is 10.4 Å². The molecule has 0 atom stereocenters. The lowest BCUT2D eigenvalue weighted by Gasteiger charge is -2.08. The largest absolute Gasteiger partial charge is 0.481 e. The van der Waals surface area contributed by atoms with E-state index in [1.165, 1.54) is 6.92 Å². The first-order valence-corrected chi connectivity index (χ1v) is 8.08. The molecule has 0 saturated heterocycles. The highest BCUT2D eigenvalue weighted by atomic mass is 79.9. The number of aliphatic carboxylic acids is 1. The van der Waals surface area contributed by atoms with Crippen LogP contribution in [0.2, 0.25) is 0 Å². The predicted octanol–water partition coefficient (Wildman–Crippen LogP) is 4.12. The van der Waals surface area contributed by atoms with Gasteiger partial charge in [-0.25, -0.2) is 0 Å². The number of halogens is 1. The molecule has 0 aliphatic heterocycles. The Bertz CT molecular complexity index is 784. The molecule has 0 radical (unpaired) electrons. The Kier molecular flexibility index (Phi) is 5.87. The molecule has 0 aromatic heterocycles. The van der Waals surface area contributed by atoms with Gasteiger partial charge in [-0.3, -0.25) is 14.4 Å². The van der Waals surface area contributed by atoms with Crippen LogP contribution in [0.3, 0.4) is 0 Å². The van der Waals surface area contributed by atoms with E-state index in [-0.39, 0.29) is 24.5 Å². The second-order valence-corrected chi connectivity index (χ2v) is 6.12. The van der Waals surface area contributed by atoms with Gasteiger partial charge in [-0.15, -0.1) is 0 Å². The number of anilines is 1. The van der Waals surface area contributed by atoms with E-state index in [1.54, 1.807) is 18.2 Å². The van der Waals surface area contributed by atoms with Crippen molar-refractivity contribution in [3.05, 3.63) is 52.5 Å². The highest BCUT2D eigenvalue weighted by Crippen LogP contribution is 2.29. The van der Waals surface area contributed by atoms with Crippen molar-refractivity contribution in [1.82, 2.24) is 0 Å². The molecule has 5 nitrogen and oxygen atoms in total.